The van der Waals surface area contributed by atoms with Crippen LogP contribution < -0.4 is 9.47 Å². The van der Waals surface area contributed by atoms with E-state index in [0.29, 0.717) is 36.8 Å². The summed E-state index contributed by atoms with van der Waals surface area (Å²) in [5, 5.41) is 15.1. The van der Waals surface area contributed by atoms with Gasteiger partial charge < -0.3 is 19.1 Å². The molecule has 1 aromatic carbocycles. The van der Waals surface area contributed by atoms with E-state index in [4.69, 9.17) is 14.0 Å². The number of rotatable bonds is 8. The Morgan fingerprint density at radius 3 is 2.95 bits per heavy atom. The Morgan fingerprint density at radius 2 is 2.20 bits per heavy atom. The van der Waals surface area contributed by atoms with Crippen LogP contribution in [-0.4, -0.2) is 34.9 Å². The van der Waals surface area contributed by atoms with Crippen LogP contribution in [0.3, 0.4) is 0 Å². The van der Waals surface area contributed by atoms with Crippen LogP contribution >= 0.6 is 15.9 Å². The van der Waals surface area contributed by atoms with E-state index in [9.17, 15) is 5.11 Å². The molecule has 0 spiro atoms. The topological polar surface area (TPSA) is 64.7 Å². The highest BCUT2D eigenvalue weighted by molar-refractivity contribution is 9.09. The predicted molar refractivity (Wildman–Crippen MR) is 79.7 cm³/mol. The van der Waals surface area contributed by atoms with Gasteiger partial charge in [-0.05, 0) is 30.6 Å². The number of aliphatic hydroxyl groups excluding tert-OH is 1. The van der Waals surface area contributed by atoms with Crippen molar-refractivity contribution in [2.24, 2.45) is 0 Å². The van der Waals surface area contributed by atoms with E-state index < -0.39 is 0 Å². The van der Waals surface area contributed by atoms with E-state index in [2.05, 4.69) is 21.1 Å². The first-order valence-corrected chi connectivity index (χ1v) is 7.75. The first-order valence-electron chi connectivity index (χ1n) is 6.63. The Balaban J connectivity index is 1.95. The van der Waals surface area contributed by atoms with Gasteiger partial charge in [-0.1, -0.05) is 15.9 Å². The first-order chi connectivity index (χ1) is 9.74. The lowest BCUT2D eigenvalue weighted by molar-refractivity contribution is 0.137. The van der Waals surface area contributed by atoms with Crippen LogP contribution in [0.25, 0.3) is 11.0 Å². The summed E-state index contributed by atoms with van der Waals surface area (Å²) in [5.74, 6) is 1.20. The summed E-state index contributed by atoms with van der Waals surface area (Å²) < 4.78 is 16.1. The Labute approximate surface area is 126 Å². The van der Waals surface area contributed by atoms with Crippen molar-refractivity contribution in [3.63, 3.8) is 0 Å². The number of nitrogens with zero attached hydrogens (tertiary/aromatic N) is 1. The van der Waals surface area contributed by atoms with E-state index in [0.717, 1.165) is 17.1 Å². The van der Waals surface area contributed by atoms with Crippen LogP contribution in [-0.2, 0) is 0 Å². The summed E-state index contributed by atoms with van der Waals surface area (Å²) in [6.45, 7) is 2.91. The monoisotopic (exact) mass is 343 g/mol. The fourth-order valence-electron chi connectivity index (χ4n) is 1.81. The van der Waals surface area contributed by atoms with Gasteiger partial charge in [0.25, 0.3) is 5.88 Å². The maximum absolute atomic E-state index is 9.61. The van der Waals surface area contributed by atoms with Crippen LogP contribution in [0.15, 0.2) is 22.7 Å². The third kappa shape index (κ3) is 3.86. The minimum absolute atomic E-state index is 0.340. The zero-order valence-corrected chi connectivity index (χ0v) is 12.9. The molecule has 1 unspecified atom stereocenters. The van der Waals surface area contributed by atoms with Gasteiger partial charge >= 0.3 is 0 Å². The van der Waals surface area contributed by atoms with Crippen molar-refractivity contribution in [2.75, 3.05) is 18.5 Å². The third-order valence-electron chi connectivity index (χ3n) is 2.85. The van der Waals surface area contributed by atoms with Gasteiger partial charge in [-0.2, -0.15) is 0 Å². The molecule has 0 fully saturated rings. The summed E-state index contributed by atoms with van der Waals surface area (Å²) in [7, 11) is 0. The van der Waals surface area contributed by atoms with Crippen LogP contribution in [0, 0.1) is 0 Å². The highest BCUT2D eigenvalue weighted by Crippen LogP contribution is 2.28. The number of aliphatic hydroxyl groups is 1. The van der Waals surface area contributed by atoms with Crippen molar-refractivity contribution in [1.82, 2.24) is 5.16 Å². The van der Waals surface area contributed by atoms with E-state index in [-0.39, 0.29) is 6.10 Å². The minimum Gasteiger partial charge on any atom is -0.493 e. The molecular formula is C14H18BrNO4. The number of benzene rings is 1. The lowest BCUT2D eigenvalue weighted by Crippen LogP contribution is -2.12. The van der Waals surface area contributed by atoms with E-state index in [1.165, 1.54) is 0 Å². The molecule has 0 saturated carbocycles. The van der Waals surface area contributed by atoms with Crippen molar-refractivity contribution in [2.45, 2.75) is 25.9 Å². The molecule has 6 heteroatoms. The van der Waals surface area contributed by atoms with Gasteiger partial charge in [-0.3, -0.25) is 0 Å². The van der Waals surface area contributed by atoms with Gasteiger partial charge in [-0.25, -0.2) is 0 Å². The molecule has 0 aliphatic rings. The summed E-state index contributed by atoms with van der Waals surface area (Å²) in [5.41, 5.74) is 0.631. The molecular weight excluding hydrogens is 326 g/mol. The molecule has 110 valence electrons. The van der Waals surface area contributed by atoms with Crippen LogP contribution in [0.1, 0.15) is 19.8 Å². The molecule has 1 atom stereocenters. The minimum atomic E-state index is -0.340. The molecule has 0 saturated heterocycles. The molecule has 20 heavy (non-hydrogen) atoms. The second-order valence-corrected chi connectivity index (χ2v) is 5.14. The molecule has 1 aromatic heterocycles. The maximum Gasteiger partial charge on any atom is 0.262 e. The molecule has 1 heterocycles. The molecule has 0 radical (unpaired) electrons. The summed E-state index contributed by atoms with van der Waals surface area (Å²) in [6.07, 6.45) is 0.986. The molecule has 5 nitrogen and oxygen atoms in total. The largest absolute Gasteiger partial charge is 0.493 e. The molecule has 0 amide bonds. The molecule has 0 bridgehead atoms. The number of aromatic nitrogens is 1. The number of alkyl halides is 1. The molecule has 1 N–H and O–H groups in total. The van der Waals surface area contributed by atoms with E-state index >= 15 is 0 Å². The van der Waals surface area contributed by atoms with E-state index in [1.807, 2.05) is 19.1 Å². The summed E-state index contributed by atoms with van der Waals surface area (Å²) >= 11 is 3.30. The SMILES string of the molecule is CCOc1noc2cc(OCCC(O)CCBr)ccc12. The standard InChI is InChI=1S/C14H18BrNO4/c1-2-18-14-12-4-3-11(9-13(12)20-16-14)19-8-6-10(17)5-7-15/h3-4,9-10,17H,2,5-8H2,1H3. The summed E-state index contributed by atoms with van der Waals surface area (Å²) in [6, 6.07) is 5.49. The van der Waals surface area contributed by atoms with Gasteiger partial charge in [0.1, 0.15) is 5.75 Å². The Bertz CT molecular complexity index is 543. The van der Waals surface area contributed by atoms with Crippen LogP contribution in [0.5, 0.6) is 11.6 Å². The lowest BCUT2D eigenvalue weighted by Gasteiger charge is -2.10. The maximum atomic E-state index is 9.61. The lowest BCUT2D eigenvalue weighted by atomic mass is 10.2. The Kier molecular flexibility index (Phi) is 5.67. The van der Waals surface area contributed by atoms with Crippen molar-refractivity contribution in [3.05, 3.63) is 18.2 Å². The second-order valence-electron chi connectivity index (χ2n) is 4.35. The van der Waals surface area contributed by atoms with Gasteiger partial charge in [0.05, 0.1) is 24.7 Å². The first kappa shape index (κ1) is 15.1. The van der Waals surface area contributed by atoms with Gasteiger partial charge in [0.2, 0.25) is 0 Å². The Hall–Kier alpha value is -1.27. The zero-order valence-electron chi connectivity index (χ0n) is 11.3. The fraction of sp³-hybridized carbons (Fsp3) is 0.500. The normalized spacial score (nSPS) is 12.6. The summed E-state index contributed by atoms with van der Waals surface area (Å²) in [4.78, 5) is 0. The highest BCUT2D eigenvalue weighted by Gasteiger charge is 2.10. The van der Waals surface area contributed by atoms with Gasteiger partial charge in [-0.15, -0.1) is 0 Å². The molecule has 0 aliphatic heterocycles. The number of halogens is 1. The number of hydrogen-bond acceptors (Lipinski definition) is 5. The third-order valence-corrected chi connectivity index (χ3v) is 3.31. The number of ether oxygens (including phenoxy) is 2. The van der Waals surface area contributed by atoms with Crippen LogP contribution in [0.4, 0.5) is 0 Å². The highest BCUT2D eigenvalue weighted by atomic mass is 79.9. The predicted octanol–water partition coefficient (Wildman–Crippen LogP) is 3.14. The quantitative estimate of drug-likeness (QED) is 0.746. The smallest absolute Gasteiger partial charge is 0.262 e. The van der Waals surface area contributed by atoms with Crippen molar-refractivity contribution >= 4 is 26.9 Å². The number of hydrogen-bond donors (Lipinski definition) is 1. The molecule has 2 rings (SSSR count). The molecule has 2 aromatic rings. The van der Waals surface area contributed by atoms with Gasteiger partial charge in [0.15, 0.2) is 5.58 Å². The van der Waals surface area contributed by atoms with Gasteiger partial charge in [0, 0.05) is 17.8 Å². The molecule has 0 aliphatic carbocycles. The second kappa shape index (κ2) is 7.50. The average molecular weight is 344 g/mol. The zero-order chi connectivity index (χ0) is 14.4. The fourth-order valence-corrected chi connectivity index (χ4v) is 2.34. The van der Waals surface area contributed by atoms with Crippen molar-refractivity contribution < 1.29 is 19.1 Å². The van der Waals surface area contributed by atoms with Crippen molar-refractivity contribution in [1.29, 1.82) is 0 Å². The average Bonchev–Trinajstić information content (AvgIpc) is 2.82. The Morgan fingerprint density at radius 1 is 1.35 bits per heavy atom. The van der Waals surface area contributed by atoms with E-state index in [1.54, 1.807) is 6.07 Å². The number of fused-ring (bicyclic) bond motifs is 1. The van der Waals surface area contributed by atoms with Crippen LogP contribution in [0.2, 0.25) is 0 Å². The van der Waals surface area contributed by atoms with Crippen molar-refractivity contribution in [3.8, 4) is 11.6 Å².